The van der Waals surface area contributed by atoms with Crippen LogP contribution in [0.25, 0.3) is 0 Å². The van der Waals surface area contributed by atoms with Crippen molar-refractivity contribution < 1.29 is 9.21 Å². The van der Waals surface area contributed by atoms with E-state index in [0.717, 1.165) is 12.2 Å². The molecule has 1 amide bonds. The third-order valence-corrected chi connectivity index (χ3v) is 3.14. The lowest BCUT2D eigenvalue weighted by molar-refractivity contribution is -0.120. The Labute approximate surface area is 161 Å². The number of aromatic nitrogens is 1. The molecule has 24 heavy (non-hydrogen) atoms. The monoisotopic (exact) mass is 451 g/mol. The Morgan fingerprint density at radius 1 is 1.25 bits per heavy atom. The Morgan fingerprint density at radius 3 is 2.50 bits per heavy atom. The van der Waals surface area contributed by atoms with E-state index < -0.39 is 0 Å². The van der Waals surface area contributed by atoms with Crippen molar-refractivity contribution in [1.29, 1.82) is 0 Å². The van der Waals surface area contributed by atoms with Crippen LogP contribution in [0.5, 0.6) is 0 Å². The molecule has 0 spiro atoms. The Balaban J connectivity index is 0.00000529. The zero-order valence-electron chi connectivity index (χ0n) is 15.2. The number of nitrogens with zero attached hydrogens (tertiary/aromatic N) is 2. The van der Waals surface area contributed by atoms with Gasteiger partial charge >= 0.3 is 0 Å². The number of oxazole rings is 1. The fraction of sp³-hybridized carbons (Fsp3) is 0.688. The highest BCUT2D eigenvalue weighted by Crippen LogP contribution is 2.22. The predicted octanol–water partition coefficient (Wildman–Crippen LogP) is 2.17. The van der Waals surface area contributed by atoms with Gasteiger partial charge in [0.1, 0.15) is 5.76 Å². The first-order valence-electron chi connectivity index (χ1n) is 8.03. The number of carbonyl (C=O) groups excluding carboxylic acids is 1. The molecule has 3 N–H and O–H groups in total. The van der Waals surface area contributed by atoms with Gasteiger partial charge in [0.05, 0.1) is 12.7 Å². The average molecular weight is 451 g/mol. The van der Waals surface area contributed by atoms with Crippen LogP contribution in [0.1, 0.15) is 52.2 Å². The van der Waals surface area contributed by atoms with E-state index in [0.29, 0.717) is 37.9 Å². The summed E-state index contributed by atoms with van der Waals surface area (Å²) in [4.78, 5) is 19.9. The van der Waals surface area contributed by atoms with Gasteiger partial charge in [0.2, 0.25) is 11.8 Å². The van der Waals surface area contributed by atoms with Crippen LogP contribution in [0.3, 0.4) is 0 Å². The van der Waals surface area contributed by atoms with Gasteiger partial charge in [0.15, 0.2) is 5.96 Å². The van der Waals surface area contributed by atoms with E-state index in [1.54, 1.807) is 13.2 Å². The summed E-state index contributed by atoms with van der Waals surface area (Å²) in [6.07, 6.45) is 3.11. The summed E-state index contributed by atoms with van der Waals surface area (Å²) in [5.74, 6) is 2.12. The first-order chi connectivity index (χ1) is 10.9. The highest BCUT2D eigenvalue weighted by Gasteiger charge is 2.19. The number of aliphatic imine (C=N–C) groups is 1. The van der Waals surface area contributed by atoms with Crippen LogP contribution < -0.4 is 16.0 Å². The maximum atomic E-state index is 11.5. The minimum absolute atomic E-state index is 0. The van der Waals surface area contributed by atoms with Crippen molar-refractivity contribution in [2.45, 2.75) is 52.5 Å². The second kappa shape index (κ2) is 11.3. The van der Waals surface area contributed by atoms with Crippen LogP contribution in [0.2, 0.25) is 0 Å². The second-order valence-electron chi connectivity index (χ2n) is 6.32. The molecule has 0 atom stereocenters. The number of guanidine groups is 1. The summed E-state index contributed by atoms with van der Waals surface area (Å²) >= 11 is 0. The Hall–Kier alpha value is -1.32. The Morgan fingerprint density at radius 2 is 1.96 bits per heavy atom. The molecule has 0 aliphatic heterocycles. The molecule has 0 saturated carbocycles. The number of nitrogens with one attached hydrogen (secondary N) is 3. The summed E-state index contributed by atoms with van der Waals surface area (Å²) in [5, 5.41) is 9.05. The van der Waals surface area contributed by atoms with E-state index in [1.807, 2.05) is 6.92 Å². The van der Waals surface area contributed by atoms with Gasteiger partial charge in [-0.25, -0.2) is 4.98 Å². The van der Waals surface area contributed by atoms with Gasteiger partial charge in [-0.05, 0) is 6.42 Å². The highest BCUT2D eigenvalue weighted by molar-refractivity contribution is 14.0. The van der Waals surface area contributed by atoms with Crippen LogP contribution in [-0.2, 0) is 16.8 Å². The van der Waals surface area contributed by atoms with Crippen molar-refractivity contribution in [2.24, 2.45) is 4.99 Å². The molecule has 0 aliphatic carbocycles. The Kier molecular flexibility index (Phi) is 10.7. The molecule has 0 saturated heterocycles. The number of rotatable bonds is 7. The molecule has 138 valence electrons. The third kappa shape index (κ3) is 8.51. The lowest BCUT2D eigenvalue weighted by atomic mass is 9.94. The SMILES string of the molecule is CCCNC(=O)CCNC(=NC)NCc1ncc(C(C)(C)C)o1.I. The van der Waals surface area contributed by atoms with Crippen LogP contribution in [0.4, 0.5) is 0 Å². The molecule has 0 aliphatic rings. The molecule has 0 unspecified atom stereocenters. The number of carbonyl (C=O) groups is 1. The normalized spacial score (nSPS) is 11.6. The van der Waals surface area contributed by atoms with Crippen molar-refractivity contribution in [3.8, 4) is 0 Å². The standard InChI is InChI=1S/C16H29N5O2.HI/c1-6-8-18-13(22)7-9-19-15(17-5)21-11-14-20-10-12(23-14)16(2,3)4;/h10H,6-9,11H2,1-5H3,(H,18,22)(H2,17,19,21);1H. The molecule has 1 rings (SSSR count). The van der Waals surface area contributed by atoms with Gasteiger partial charge in [-0.15, -0.1) is 24.0 Å². The summed E-state index contributed by atoms with van der Waals surface area (Å²) < 4.78 is 5.71. The molecule has 1 heterocycles. The molecule has 0 aromatic carbocycles. The smallest absolute Gasteiger partial charge is 0.221 e. The van der Waals surface area contributed by atoms with Gasteiger partial charge in [0, 0.05) is 32.0 Å². The molecular weight excluding hydrogens is 421 g/mol. The maximum absolute atomic E-state index is 11.5. The van der Waals surface area contributed by atoms with E-state index >= 15 is 0 Å². The quantitative estimate of drug-likeness (QED) is 0.336. The van der Waals surface area contributed by atoms with Crippen LogP contribution in [-0.4, -0.2) is 37.0 Å². The minimum Gasteiger partial charge on any atom is -0.443 e. The number of halogens is 1. The summed E-state index contributed by atoms with van der Waals surface area (Å²) in [6, 6.07) is 0. The zero-order chi connectivity index (χ0) is 17.3. The van der Waals surface area contributed by atoms with E-state index in [4.69, 9.17) is 4.42 Å². The largest absolute Gasteiger partial charge is 0.443 e. The molecule has 0 radical (unpaired) electrons. The summed E-state index contributed by atoms with van der Waals surface area (Å²) in [6.45, 7) is 9.94. The van der Waals surface area contributed by atoms with Crippen molar-refractivity contribution in [3.63, 3.8) is 0 Å². The van der Waals surface area contributed by atoms with Gasteiger partial charge < -0.3 is 20.4 Å². The molecule has 0 bridgehead atoms. The van der Waals surface area contributed by atoms with Crippen molar-refractivity contribution in [1.82, 2.24) is 20.9 Å². The van der Waals surface area contributed by atoms with E-state index in [9.17, 15) is 4.79 Å². The van der Waals surface area contributed by atoms with Crippen LogP contribution >= 0.6 is 24.0 Å². The number of hydrogen-bond acceptors (Lipinski definition) is 4. The highest BCUT2D eigenvalue weighted by atomic mass is 127. The molecule has 7 nitrogen and oxygen atoms in total. The third-order valence-electron chi connectivity index (χ3n) is 3.14. The fourth-order valence-electron chi connectivity index (χ4n) is 1.77. The minimum atomic E-state index is -0.0585. The lowest BCUT2D eigenvalue weighted by Crippen LogP contribution is -2.39. The van der Waals surface area contributed by atoms with Crippen LogP contribution in [0, 0.1) is 0 Å². The predicted molar refractivity (Wildman–Crippen MR) is 107 cm³/mol. The van der Waals surface area contributed by atoms with E-state index in [2.05, 4.69) is 46.7 Å². The molecule has 1 aromatic rings. The van der Waals surface area contributed by atoms with Gasteiger partial charge in [-0.3, -0.25) is 9.79 Å². The fourth-order valence-corrected chi connectivity index (χ4v) is 1.77. The first-order valence-corrected chi connectivity index (χ1v) is 8.03. The molecule has 1 aromatic heterocycles. The van der Waals surface area contributed by atoms with Gasteiger partial charge in [-0.2, -0.15) is 0 Å². The summed E-state index contributed by atoms with van der Waals surface area (Å²) in [7, 11) is 1.68. The van der Waals surface area contributed by atoms with Crippen LogP contribution in [0.15, 0.2) is 15.6 Å². The van der Waals surface area contributed by atoms with Gasteiger partial charge in [-0.1, -0.05) is 27.7 Å². The van der Waals surface area contributed by atoms with Crippen molar-refractivity contribution >= 4 is 35.8 Å². The number of amides is 1. The Bertz CT molecular complexity index is 523. The second-order valence-corrected chi connectivity index (χ2v) is 6.32. The van der Waals surface area contributed by atoms with Crippen molar-refractivity contribution in [2.75, 3.05) is 20.1 Å². The topological polar surface area (TPSA) is 91.5 Å². The molecular formula is C16H30IN5O2. The number of hydrogen-bond donors (Lipinski definition) is 3. The molecule has 0 fully saturated rings. The maximum Gasteiger partial charge on any atom is 0.221 e. The average Bonchev–Trinajstić information content (AvgIpc) is 2.97. The lowest BCUT2D eigenvalue weighted by Gasteiger charge is -2.13. The van der Waals surface area contributed by atoms with Crippen molar-refractivity contribution in [3.05, 3.63) is 17.8 Å². The van der Waals surface area contributed by atoms with E-state index in [-0.39, 0.29) is 35.3 Å². The van der Waals surface area contributed by atoms with E-state index in [1.165, 1.54) is 0 Å². The zero-order valence-corrected chi connectivity index (χ0v) is 17.6. The van der Waals surface area contributed by atoms with Gasteiger partial charge in [0.25, 0.3) is 0 Å². The molecule has 8 heteroatoms. The first kappa shape index (κ1) is 22.7. The summed E-state index contributed by atoms with van der Waals surface area (Å²) in [5.41, 5.74) is -0.0585.